The third-order valence-corrected chi connectivity index (χ3v) is 3.23. The first-order chi connectivity index (χ1) is 10.1. The van der Waals surface area contributed by atoms with Gasteiger partial charge in [-0.3, -0.25) is 4.79 Å². The summed E-state index contributed by atoms with van der Waals surface area (Å²) in [7, 11) is 0. The molecule has 0 bridgehead atoms. The second kappa shape index (κ2) is 9.37. The van der Waals surface area contributed by atoms with Crippen LogP contribution in [0.15, 0.2) is 18.2 Å². The highest BCUT2D eigenvalue weighted by Gasteiger charge is 2.16. The Morgan fingerprint density at radius 2 is 1.71 bits per heavy atom. The summed E-state index contributed by atoms with van der Waals surface area (Å²) in [6, 6.07) is 5.40. The van der Waals surface area contributed by atoms with Crippen LogP contribution < -0.4 is 5.73 Å². The summed E-state index contributed by atoms with van der Waals surface area (Å²) >= 11 is 0. The molecule has 1 aromatic rings. The Labute approximate surface area is 127 Å². The summed E-state index contributed by atoms with van der Waals surface area (Å²) in [5, 5.41) is 0. The number of nitrogen functional groups attached to an aromatic ring is 1. The van der Waals surface area contributed by atoms with E-state index in [0.717, 1.165) is 5.56 Å². The third-order valence-electron chi connectivity index (χ3n) is 3.23. The number of aryl methyl sites for hydroxylation is 1. The lowest BCUT2D eigenvalue weighted by Crippen LogP contribution is -2.36. The fourth-order valence-corrected chi connectivity index (χ4v) is 1.91. The molecule has 0 aromatic heterocycles. The Kier molecular flexibility index (Phi) is 7.79. The predicted molar refractivity (Wildman–Crippen MR) is 84.5 cm³/mol. The number of carbonyl (C=O) groups excluding carboxylic acids is 1. The number of ether oxygens (including phenoxy) is 2. The van der Waals surface area contributed by atoms with Gasteiger partial charge in [0, 0.05) is 37.6 Å². The van der Waals surface area contributed by atoms with Crippen molar-refractivity contribution in [2.45, 2.75) is 20.8 Å². The van der Waals surface area contributed by atoms with Gasteiger partial charge in [0.25, 0.3) is 5.91 Å². The van der Waals surface area contributed by atoms with Gasteiger partial charge < -0.3 is 20.1 Å². The zero-order chi connectivity index (χ0) is 15.7. The number of benzene rings is 1. The number of hydrogen-bond acceptors (Lipinski definition) is 4. The summed E-state index contributed by atoms with van der Waals surface area (Å²) in [5.74, 6) is -0.0406. The molecule has 0 aliphatic carbocycles. The van der Waals surface area contributed by atoms with Crippen LogP contribution in [0.5, 0.6) is 0 Å². The molecular formula is C16H26N2O3. The third kappa shape index (κ3) is 5.73. The monoisotopic (exact) mass is 294 g/mol. The van der Waals surface area contributed by atoms with Gasteiger partial charge in [0.15, 0.2) is 0 Å². The number of hydrogen-bond donors (Lipinski definition) is 1. The van der Waals surface area contributed by atoms with Gasteiger partial charge in [-0.2, -0.15) is 0 Å². The second-order valence-electron chi connectivity index (χ2n) is 4.76. The summed E-state index contributed by atoms with van der Waals surface area (Å²) in [4.78, 5) is 14.3. The highest BCUT2D eigenvalue weighted by atomic mass is 16.5. The zero-order valence-corrected chi connectivity index (χ0v) is 13.2. The van der Waals surface area contributed by atoms with E-state index in [4.69, 9.17) is 15.2 Å². The molecule has 0 radical (unpaired) electrons. The molecule has 0 aliphatic heterocycles. The van der Waals surface area contributed by atoms with Gasteiger partial charge in [0.05, 0.1) is 13.2 Å². The number of amides is 1. The Balaban J connectivity index is 2.73. The first-order valence-electron chi connectivity index (χ1n) is 7.41. The molecule has 118 valence electrons. The largest absolute Gasteiger partial charge is 0.398 e. The number of anilines is 1. The van der Waals surface area contributed by atoms with Crippen LogP contribution >= 0.6 is 0 Å². The van der Waals surface area contributed by atoms with Crippen LogP contribution in [0.3, 0.4) is 0 Å². The van der Waals surface area contributed by atoms with Gasteiger partial charge in [-0.05, 0) is 38.5 Å². The molecule has 0 atom stereocenters. The minimum absolute atomic E-state index is 0.0406. The molecule has 0 heterocycles. The SMILES string of the molecule is CCOCCN(CCOCC)C(=O)c1ccc(C)c(N)c1. The summed E-state index contributed by atoms with van der Waals surface area (Å²) in [6.45, 7) is 9.23. The average molecular weight is 294 g/mol. The number of rotatable bonds is 9. The van der Waals surface area contributed by atoms with Crippen molar-refractivity contribution in [3.8, 4) is 0 Å². The fraction of sp³-hybridized carbons (Fsp3) is 0.562. The van der Waals surface area contributed by atoms with Gasteiger partial charge in [-0.15, -0.1) is 0 Å². The summed E-state index contributed by atoms with van der Waals surface area (Å²) < 4.78 is 10.7. The van der Waals surface area contributed by atoms with E-state index in [1.165, 1.54) is 0 Å². The van der Waals surface area contributed by atoms with Gasteiger partial charge in [0.1, 0.15) is 0 Å². The first-order valence-corrected chi connectivity index (χ1v) is 7.41. The van der Waals surface area contributed by atoms with E-state index < -0.39 is 0 Å². The molecule has 21 heavy (non-hydrogen) atoms. The van der Waals surface area contributed by atoms with E-state index in [2.05, 4.69) is 0 Å². The second-order valence-corrected chi connectivity index (χ2v) is 4.76. The van der Waals surface area contributed by atoms with Gasteiger partial charge >= 0.3 is 0 Å². The molecule has 0 aliphatic rings. The first kappa shape index (κ1) is 17.5. The van der Waals surface area contributed by atoms with Crippen LogP contribution in [0.4, 0.5) is 5.69 Å². The molecule has 1 amide bonds. The van der Waals surface area contributed by atoms with Crippen LogP contribution in [-0.4, -0.2) is 50.3 Å². The maximum atomic E-state index is 12.6. The van der Waals surface area contributed by atoms with Gasteiger partial charge in [-0.1, -0.05) is 6.07 Å². The van der Waals surface area contributed by atoms with E-state index in [0.29, 0.717) is 50.8 Å². The number of nitrogens with two attached hydrogens (primary N) is 1. The molecule has 0 saturated carbocycles. The molecule has 1 rings (SSSR count). The van der Waals surface area contributed by atoms with Crippen LogP contribution in [0.1, 0.15) is 29.8 Å². The molecule has 0 unspecified atom stereocenters. The quantitative estimate of drug-likeness (QED) is 0.559. The minimum atomic E-state index is -0.0406. The molecule has 0 saturated heterocycles. The molecular weight excluding hydrogens is 268 g/mol. The molecule has 0 spiro atoms. The highest BCUT2D eigenvalue weighted by Crippen LogP contribution is 2.14. The maximum Gasteiger partial charge on any atom is 0.254 e. The minimum Gasteiger partial charge on any atom is -0.398 e. The lowest BCUT2D eigenvalue weighted by Gasteiger charge is -2.23. The van der Waals surface area contributed by atoms with Crippen molar-refractivity contribution in [3.63, 3.8) is 0 Å². The summed E-state index contributed by atoms with van der Waals surface area (Å²) in [6.07, 6.45) is 0. The molecule has 5 heteroatoms. The van der Waals surface area contributed by atoms with E-state index in [1.54, 1.807) is 11.0 Å². The van der Waals surface area contributed by atoms with E-state index in [1.807, 2.05) is 32.9 Å². The molecule has 1 aromatic carbocycles. The van der Waals surface area contributed by atoms with Crippen LogP contribution in [0.2, 0.25) is 0 Å². The molecule has 2 N–H and O–H groups in total. The lowest BCUT2D eigenvalue weighted by atomic mass is 10.1. The molecule has 5 nitrogen and oxygen atoms in total. The Morgan fingerprint density at radius 1 is 1.14 bits per heavy atom. The zero-order valence-electron chi connectivity index (χ0n) is 13.2. The summed E-state index contributed by atoms with van der Waals surface area (Å²) in [5.41, 5.74) is 8.09. The fourth-order valence-electron chi connectivity index (χ4n) is 1.91. The van der Waals surface area contributed by atoms with Crippen LogP contribution in [-0.2, 0) is 9.47 Å². The Hall–Kier alpha value is -1.59. The topological polar surface area (TPSA) is 64.8 Å². The standard InChI is InChI=1S/C16H26N2O3/c1-4-20-10-8-18(9-11-21-5-2)16(19)14-7-6-13(3)15(17)12-14/h6-7,12H,4-5,8-11,17H2,1-3H3. The maximum absolute atomic E-state index is 12.6. The highest BCUT2D eigenvalue weighted by molar-refractivity contribution is 5.95. The van der Waals surface area contributed by atoms with E-state index >= 15 is 0 Å². The number of nitrogens with zero attached hydrogens (tertiary/aromatic N) is 1. The van der Waals surface area contributed by atoms with Crippen molar-refractivity contribution in [1.82, 2.24) is 4.90 Å². The normalized spacial score (nSPS) is 10.6. The van der Waals surface area contributed by atoms with Gasteiger partial charge in [0.2, 0.25) is 0 Å². The average Bonchev–Trinajstić information content (AvgIpc) is 2.48. The van der Waals surface area contributed by atoms with Gasteiger partial charge in [-0.25, -0.2) is 0 Å². The number of carbonyl (C=O) groups is 1. The van der Waals surface area contributed by atoms with Crippen LogP contribution in [0.25, 0.3) is 0 Å². The van der Waals surface area contributed by atoms with Crippen molar-refractivity contribution in [1.29, 1.82) is 0 Å². The van der Waals surface area contributed by atoms with Crippen LogP contribution in [0, 0.1) is 6.92 Å². The van der Waals surface area contributed by atoms with Crippen molar-refractivity contribution in [2.75, 3.05) is 45.3 Å². The van der Waals surface area contributed by atoms with Crippen molar-refractivity contribution < 1.29 is 14.3 Å². The Bertz CT molecular complexity index is 439. The predicted octanol–water partition coefficient (Wildman–Crippen LogP) is 2.09. The van der Waals surface area contributed by atoms with E-state index in [9.17, 15) is 4.79 Å². The van der Waals surface area contributed by atoms with Crippen molar-refractivity contribution in [3.05, 3.63) is 29.3 Å². The lowest BCUT2D eigenvalue weighted by molar-refractivity contribution is 0.0550. The Morgan fingerprint density at radius 3 is 2.19 bits per heavy atom. The van der Waals surface area contributed by atoms with E-state index in [-0.39, 0.29) is 5.91 Å². The van der Waals surface area contributed by atoms with Crippen molar-refractivity contribution in [2.24, 2.45) is 0 Å². The smallest absolute Gasteiger partial charge is 0.254 e. The molecule has 0 fully saturated rings. The van der Waals surface area contributed by atoms with Crippen molar-refractivity contribution >= 4 is 11.6 Å².